The number of alkyl halides is 24. The Morgan fingerprint density at radius 2 is 0.801 bits per heavy atom. The maximum absolute atomic E-state index is 13.8. The van der Waals surface area contributed by atoms with E-state index in [0.29, 0.717) is 69.1 Å². The van der Waals surface area contributed by atoms with Crippen LogP contribution in [0.15, 0.2) is 0 Å². The van der Waals surface area contributed by atoms with E-state index in [-0.39, 0.29) is 85.5 Å². The minimum atomic E-state index is -6.54. The highest BCUT2D eigenvalue weighted by molar-refractivity contribution is 7.86. The summed E-state index contributed by atoms with van der Waals surface area (Å²) < 4.78 is 495. The molecular weight excluding hydrogens is 2070 g/mol. The molecule has 14 aliphatic carbocycles. The third kappa shape index (κ3) is 19.5. The van der Waals surface area contributed by atoms with Gasteiger partial charge in [0.05, 0.1) is 104 Å². The molecule has 25 unspecified atom stereocenters. The van der Waals surface area contributed by atoms with Crippen LogP contribution >= 0.6 is 0 Å². The molecule has 33 nitrogen and oxygen atoms in total. The average molecular weight is 2160 g/mol. The lowest BCUT2D eigenvalue weighted by atomic mass is 9.44. The Hall–Kier alpha value is -7.80. The van der Waals surface area contributed by atoms with Gasteiger partial charge in [0.1, 0.15) is 47.9 Å². The van der Waals surface area contributed by atoms with E-state index in [9.17, 15) is 215 Å². The first-order valence-corrected chi connectivity index (χ1v) is 49.9. The topological polar surface area (TPSA) is 517 Å². The van der Waals surface area contributed by atoms with E-state index in [2.05, 4.69) is 18.9 Å². The van der Waals surface area contributed by atoms with Crippen molar-refractivity contribution in [3.63, 3.8) is 0 Å². The Balaban J connectivity index is 0.000000161. The first-order valence-electron chi connectivity index (χ1n) is 43.5. The number of carbonyl (C=O) groups is 12. The highest BCUT2D eigenvalue weighted by Gasteiger charge is 2.83. The fourth-order valence-electron chi connectivity index (χ4n) is 26.8. The van der Waals surface area contributed by atoms with Crippen molar-refractivity contribution in [1.82, 2.24) is 0 Å². The van der Waals surface area contributed by atoms with Crippen LogP contribution in [0.2, 0.25) is 0 Å². The van der Waals surface area contributed by atoms with Crippen LogP contribution in [0.1, 0.15) is 150 Å². The number of carbonyl (C=O) groups excluding carboxylic acids is 12. The van der Waals surface area contributed by atoms with Gasteiger partial charge >= 0.3 is 126 Å². The second-order valence-electron chi connectivity index (χ2n) is 40.4. The zero-order valence-electron chi connectivity index (χ0n) is 73.0. The second-order valence-corrected chi connectivity index (χ2v) is 46.0. The van der Waals surface area contributed by atoms with Gasteiger partial charge in [0.25, 0.3) is 0 Å². The Morgan fingerprint density at radius 3 is 1.18 bits per heavy atom. The number of hydrogen-bond acceptors (Lipinski definition) is 33. The van der Waals surface area contributed by atoms with Crippen molar-refractivity contribution in [3.05, 3.63) is 0 Å². The summed E-state index contributed by atoms with van der Waals surface area (Å²) in [6.45, 7) is 6.35. The summed E-state index contributed by atoms with van der Waals surface area (Å²) in [5.74, 6) is -41.3. The summed E-state index contributed by atoms with van der Waals surface area (Å²) >= 11 is 0. The molecule has 0 radical (unpaired) electrons. The molecule has 141 heavy (non-hydrogen) atoms. The lowest BCUT2D eigenvalue weighted by Crippen LogP contribution is -2.64. The molecule has 0 aromatic rings. The molecule has 0 spiro atoms. The van der Waals surface area contributed by atoms with Crippen LogP contribution in [-0.4, -0.2) is 248 Å². The number of rotatable bonds is 22. The van der Waals surface area contributed by atoms with Crippen molar-refractivity contribution < 1.29 is 257 Å². The lowest BCUT2D eigenvalue weighted by molar-refractivity contribution is -0.363. The quantitative estimate of drug-likeness (QED) is 0.0421. The number of ketones is 3. The number of halogens is 24. The Kier molecular flexibility index (Phi) is 28.0. The monoisotopic (exact) mass is 2160 g/mol. The van der Waals surface area contributed by atoms with Gasteiger partial charge in [-0.1, -0.05) is 20.8 Å². The van der Waals surface area contributed by atoms with E-state index in [1.54, 1.807) is 13.8 Å². The van der Waals surface area contributed by atoms with Gasteiger partial charge < -0.3 is 60.8 Å². The zero-order chi connectivity index (χ0) is 106. The van der Waals surface area contributed by atoms with Crippen LogP contribution in [-0.2, 0) is 141 Å². The van der Waals surface area contributed by atoms with Gasteiger partial charge in [0, 0.05) is 80.0 Å². The molecule has 17 aliphatic rings. The predicted octanol–water partition coefficient (Wildman–Crippen LogP) is 9.63. The molecule has 3 heterocycles. The van der Waals surface area contributed by atoms with Gasteiger partial charge in [0.15, 0.2) is 0 Å². The van der Waals surface area contributed by atoms with Crippen molar-refractivity contribution in [1.29, 1.82) is 0 Å². The van der Waals surface area contributed by atoms with Gasteiger partial charge in [-0.3, -0.25) is 57.5 Å². The van der Waals surface area contributed by atoms with E-state index >= 15 is 0 Å². The Labute approximate surface area is 781 Å². The Bertz CT molecular complexity index is 5440. The van der Waals surface area contributed by atoms with E-state index in [1.165, 1.54) is 0 Å². The second kappa shape index (κ2) is 35.8. The molecule has 3 saturated heterocycles. The van der Waals surface area contributed by atoms with Crippen LogP contribution in [0.25, 0.3) is 0 Å². The Morgan fingerprint density at radius 1 is 0.433 bits per heavy atom. The van der Waals surface area contributed by atoms with E-state index in [0.717, 1.165) is 26.2 Å². The van der Waals surface area contributed by atoms with Gasteiger partial charge in [-0.2, -0.15) is 105 Å². The van der Waals surface area contributed by atoms with Crippen LogP contribution in [0.5, 0.6) is 0 Å². The molecular formula is C80H84F24O33S4-4. The summed E-state index contributed by atoms with van der Waals surface area (Å²) in [5, 5.41) is 0. The molecule has 17 rings (SSSR count). The number of Topliss-reactive ketones (excluding diaryl/α,β-unsaturated/α-hetero) is 3. The molecule has 25 atom stereocenters. The molecule has 0 N–H and O–H groups in total. The first kappa shape index (κ1) is 110. The number of fused-ring (bicyclic) bond motifs is 8. The summed E-state index contributed by atoms with van der Waals surface area (Å²) in [6, 6.07) is 0. The highest BCUT2D eigenvalue weighted by atomic mass is 32.2. The molecule has 798 valence electrons. The standard InChI is InChI=1S/C28H36F6O8S.C24H26F6O9S.C15H14F6O9S.C13H12F6O7S/c1-14(4-7-22(38)42-26(27(29,30)31,28(32,33)34)13-43(39,40)41)17-5-6-18-23-19(12-21(37)25(17,18)3)24(2)9-8-16(35)10-15(24)11-20(23)36;25-23(26,27)22(24(28,29)30,8-40(34,35)36)39-19(32)15-13-4-12-14(15)18(31)37-16(12)17(13)38-20(33)21-5-9-1-10(6-21)3-11(2-9)7-21;1-4(22)28-9-6-2-5-7(11(23)29-10(5)9)8(6)12(24)30-13(14(16,17)18,15(19,20)21)3-31(25,26)27;14-12(15,16)11(13(17,18)19,3-27(22,23)24)26-10(21)7-4-1-5-6(2-4)25-9(20)8(5)7/h14-15,17-19,23H,4-13H2,1-3H3,(H,39,40,41);9-17H,1-8H2,(H,34,35,36);5-10H,2-3H2,1H3,(H,25,26,27);4-8H,1-3H2,(H,22,23,24)/p-4. The third-order valence-electron chi connectivity index (χ3n) is 32.4. The average Bonchev–Trinajstić information content (AvgIpc) is 0.870. The van der Waals surface area contributed by atoms with Crippen molar-refractivity contribution in [2.24, 2.45) is 141 Å². The SMILES string of the molecule is CC(=O)OC1C2CC3C1OC(=O)C3C2C(=O)OC(CS(=O)(=O)[O-])(C(F)(F)F)C(F)(F)F.CC(CCC(=O)OC(CS(=O)(=O)[O-])(C(F)(F)F)C(F)(F)F)C1CCC2C3C(=O)CC4CC(=O)CCC4(C)C3CC(=O)C12C.O=C(OC(CS(=O)(=O)[O-])(C(F)(F)F)C(F)(F)F)C1C2CC3OC(=O)C1C3C2.O=C1OC2C3CC(C2OC(=O)C24CC5CC(CC(C5)C2)C4)C(C(=O)OC(CS(=O)(=O)[O-])(C(F)(F)F)C(F)(F)F)C13. The van der Waals surface area contributed by atoms with Crippen molar-refractivity contribution in [3.8, 4) is 0 Å². The summed E-state index contributed by atoms with van der Waals surface area (Å²) in [5.41, 5.74) is -24.5. The van der Waals surface area contributed by atoms with E-state index in [4.69, 9.17) is 23.7 Å². The van der Waals surface area contributed by atoms with E-state index < -0.39 is 326 Å². The maximum Gasteiger partial charge on any atom is 0.438 e. The fraction of sp³-hybridized carbons (Fsp3) is 0.850. The number of esters is 9. The molecule has 14 saturated carbocycles. The third-order valence-corrected chi connectivity index (χ3v) is 35.5. The first-order chi connectivity index (χ1) is 63.8. The van der Waals surface area contributed by atoms with Gasteiger partial charge in [-0.25, -0.2) is 33.7 Å². The van der Waals surface area contributed by atoms with Crippen LogP contribution < -0.4 is 0 Å². The van der Waals surface area contributed by atoms with Crippen molar-refractivity contribution in [2.75, 3.05) is 23.0 Å². The van der Waals surface area contributed by atoms with Crippen molar-refractivity contribution >= 4 is 112 Å². The molecule has 10 bridgehead atoms. The minimum Gasteiger partial charge on any atom is -0.748 e. The molecule has 3 aliphatic heterocycles. The lowest BCUT2D eigenvalue weighted by Gasteiger charge is -2.58. The summed E-state index contributed by atoms with van der Waals surface area (Å²) in [6.07, 6.45) is -50.8. The van der Waals surface area contributed by atoms with Crippen molar-refractivity contribution in [2.45, 2.75) is 252 Å². The zero-order valence-corrected chi connectivity index (χ0v) is 76.2. The number of hydrogen-bond donors (Lipinski definition) is 0. The fourth-order valence-corrected chi connectivity index (χ4v) is 30.4. The summed E-state index contributed by atoms with van der Waals surface area (Å²) in [4.78, 5) is 151. The van der Waals surface area contributed by atoms with E-state index in [1.807, 2.05) is 6.92 Å². The highest BCUT2D eigenvalue weighted by Crippen LogP contribution is 2.70. The molecule has 17 fully saturated rings. The molecule has 0 aromatic carbocycles. The molecule has 0 amide bonds. The van der Waals surface area contributed by atoms with Gasteiger partial charge in [-0.05, 0) is 149 Å². The van der Waals surface area contributed by atoms with Crippen LogP contribution in [0.4, 0.5) is 105 Å². The largest absolute Gasteiger partial charge is 0.748 e. The number of ether oxygens (including phenoxy) is 9. The molecule has 0 aromatic heterocycles. The molecule has 61 heteroatoms. The maximum atomic E-state index is 13.8. The smallest absolute Gasteiger partial charge is 0.438 e. The summed E-state index contributed by atoms with van der Waals surface area (Å²) in [7, 11) is -24.7. The van der Waals surface area contributed by atoms with Crippen LogP contribution in [0, 0.1) is 141 Å². The van der Waals surface area contributed by atoms with Crippen LogP contribution in [0.3, 0.4) is 0 Å². The minimum absolute atomic E-state index is 0.00625. The predicted molar refractivity (Wildman–Crippen MR) is 397 cm³/mol. The van der Waals surface area contributed by atoms with Gasteiger partial charge in [0.2, 0.25) is 0 Å². The van der Waals surface area contributed by atoms with Gasteiger partial charge in [-0.15, -0.1) is 0 Å². The normalized spacial score (nSPS) is 36.4.